The summed E-state index contributed by atoms with van der Waals surface area (Å²) in [4.78, 5) is 0. The molecule has 0 saturated carbocycles. The Morgan fingerprint density at radius 1 is 1.12 bits per heavy atom. The van der Waals surface area contributed by atoms with Crippen LogP contribution in [0.1, 0.15) is 5.56 Å². The first-order valence-electron chi connectivity index (χ1n) is 4.73. The Labute approximate surface area is 92.2 Å². The molecular weight excluding hydrogens is 216 g/mol. The smallest absolute Gasteiger partial charge is 0.137 e. The van der Waals surface area contributed by atoms with E-state index in [4.69, 9.17) is 14.7 Å². The molecule has 3 nitrogen and oxygen atoms in total. The maximum atomic E-state index is 11.9. The largest absolute Gasteiger partial charge is 0.491 e. The van der Waals surface area contributed by atoms with E-state index in [-0.39, 0.29) is 18.8 Å². The molecule has 16 heavy (non-hydrogen) atoms. The van der Waals surface area contributed by atoms with Gasteiger partial charge in [-0.1, -0.05) is 0 Å². The van der Waals surface area contributed by atoms with Crippen molar-refractivity contribution in [2.75, 3.05) is 26.6 Å². The second-order valence-corrected chi connectivity index (χ2v) is 2.84. The van der Waals surface area contributed by atoms with Crippen LogP contribution in [0.2, 0.25) is 0 Å². The van der Waals surface area contributed by atoms with Crippen LogP contribution < -0.4 is 9.47 Å². The van der Waals surface area contributed by atoms with Gasteiger partial charge in [-0.3, -0.25) is 0 Å². The van der Waals surface area contributed by atoms with Crippen LogP contribution >= 0.6 is 0 Å². The predicted molar refractivity (Wildman–Crippen MR) is 54.1 cm³/mol. The molecule has 0 heterocycles. The molecule has 0 N–H and O–H groups in total. The summed E-state index contributed by atoms with van der Waals surface area (Å²) in [6.07, 6.45) is 0. The fourth-order valence-electron chi connectivity index (χ4n) is 1.12. The molecule has 0 aliphatic carbocycles. The predicted octanol–water partition coefficient (Wildman–Crippen LogP) is 2.25. The van der Waals surface area contributed by atoms with Crippen LogP contribution in [0.15, 0.2) is 18.2 Å². The van der Waals surface area contributed by atoms with Crippen LogP contribution in [-0.4, -0.2) is 26.6 Å². The van der Waals surface area contributed by atoms with E-state index in [9.17, 15) is 8.78 Å². The Bertz CT molecular complexity index is 377. The van der Waals surface area contributed by atoms with Gasteiger partial charge in [0.1, 0.15) is 44.1 Å². The molecule has 0 aliphatic rings. The SMILES string of the molecule is N#Cc1cc(OCCF)ccc1OCCF. The summed E-state index contributed by atoms with van der Waals surface area (Å²) >= 11 is 0. The van der Waals surface area contributed by atoms with Crippen LogP contribution in [0.4, 0.5) is 8.78 Å². The highest BCUT2D eigenvalue weighted by molar-refractivity contribution is 5.47. The van der Waals surface area contributed by atoms with E-state index in [1.807, 2.05) is 6.07 Å². The fourth-order valence-corrected chi connectivity index (χ4v) is 1.12. The number of hydrogen-bond acceptors (Lipinski definition) is 3. The summed E-state index contributed by atoms with van der Waals surface area (Å²) in [6.45, 7) is -1.37. The van der Waals surface area contributed by atoms with Gasteiger partial charge in [-0.2, -0.15) is 5.26 Å². The molecule has 0 spiro atoms. The number of rotatable bonds is 6. The van der Waals surface area contributed by atoms with Crippen molar-refractivity contribution in [3.8, 4) is 17.6 Å². The molecule has 0 fully saturated rings. The third kappa shape index (κ3) is 3.39. The summed E-state index contributed by atoms with van der Waals surface area (Å²) in [5.74, 6) is 0.689. The first-order chi connectivity index (χ1) is 7.81. The van der Waals surface area contributed by atoms with Gasteiger partial charge in [0, 0.05) is 6.07 Å². The van der Waals surface area contributed by atoms with E-state index >= 15 is 0 Å². The Morgan fingerprint density at radius 2 is 1.81 bits per heavy atom. The number of ether oxygens (including phenoxy) is 2. The Balaban J connectivity index is 2.77. The first-order valence-corrected chi connectivity index (χ1v) is 4.73. The Hall–Kier alpha value is -1.83. The van der Waals surface area contributed by atoms with Crippen molar-refractivity contribution >= 4 is 0 Å². The van der Waals surface area contributed by atoms with Crippen LogP contribution in [0.25, 0.3) is 0 Å². The quantitative estimate of drug-likeness (QED) is 0.748. The van der Waals surface area contributed by atoms with Gasteiger partial charge in [0.05, 0.1) is 5.56 Å². The van der Waals surface area contributed by atoms with E-state index in [2.05, 4.69) is 0 Å². The van der Waals surface area contributed by atoms with Gasteiger partial charge in [0.25, 0.3) is 0 Å². The van der Waals surface area contributed by atoms with Crippen molar-refractivity contribution in [1.82, 2.24) is 0 Å². The van der Waals surface area contributed by atoms with Crippen LogP contribution in [0.3, 0.4) is 0 Å². The lowest BCUT2D eigenvalue weighted by atomic mass is 10.2. The summed E-state index contributed by atoms with van der Waals surface area (Å²) in [5.41, 5.74) is 0.241. The summed E-state index contributed by atoms with van der Waals surface area (Å²) in [6, 6.07) is 6.38. The molecule has 0 atom stereocenters. The van der Waals surface area contributed by atoms with Crippen molar-refractivity contribution in [2.24, 2.45) is 0 Å². The highest BCUT2D eigenvalue weighted by Gasteiger charge is 2.05. The molecule has 1 aromatic carbocycles. The van der Waals surface area contributed by atoms with E-state index in [0.29, 0.717) is 11.5 Å². The minimum atomic E-state index is -0.620. The standard InChI is InChI=1S/C11H11F2NO2/c12-3-5-15-10-1-2-11(16-6-4-13)9(7-10)8-14/h1-2,7H,3-6H2. The lowest BCUT2D eigenvalue weighted by molar-refractivity contribution is 0.266. The normalized spacial score (nSPS) is 9.56. The summed E-state index contributed by atoms with van der Waals surface area (Å²) in [7, 11) is 0. The maximum Gasteiger partial charge on any atom is 0.137 e. The van der Waals surface area contributed by atoms with Crippen molar-refractivity contribution < 1.29 is 18.3 Å². The average molecular weight is 227 g/mol. The molecule has 1 rings (SSSR count). The van der Waals surface area contributed by atoms with Gasteiger partial charge in [-0.15, -0.1) is 0 Å². The monoisotopic (exact) mass is 227 g/mol. The van der Waals surface area contributed by atoms with Crippen molar-refractivity contribution in [1.29, 1.82) is 5.26 Å². The van der Waals surface area contributed by atoms with Crippen LogP contribution in [0, 0.1) is 11.3 Å². The van der Waals surface area contributed by atoms with E-state index in [1.165, 1.54) is 12.1 Å². The Morgan fingerprint density at radius 3 is 2.44 bits per heavy atom. The number of nitriles is 1. The third-order valence-electron chi connectivity index (χ3n) is 1.75. The number of nitrogens with zero attached hydrogens (tertiary/aromatic N) is 1. The van der Waals surface area contributed by atoms with Crippen LogP contribution in [-0.2, 0) is 0 Å². The van der Waals surface area contributed by atoms with Crippen molar-refractivity contribution in [3.05, 3.63) is 23.8 Å². The molecule has 0 radical (unpaired) electrons. The lowest BCUT2D eigenvalue weighted by Gasteiger charge is -2.08. The second kappa shape index (κ2) is 6.62. The van der Waals surface area contributed by atoms with Crippen LogP contribution in [0.5, 0.6) is 11.5 Å². The topological polar surface area (TPSA) is 42.2 Å². The van der Waals surface area contributed by atoms with Gasteiger partial charge in [0.2, 0.25) is 0 Å². The third-order valence-corrected chi connectivity index (χ3v) is 1.75. The molecule has 0 aliphatic heterocycles. The molecule has 86 valence electrons. The van der Waals surface area contributed by atoms with Gasteiger partial charge < -0.3 is 9.47 Å². The number of alkyl halides is 2. The molecule has 0 bridgehead atoms. The first kappa shape index (κ1) is 12.2. The molecule has 1 aromatic rings. The molecule has 5 heteroatoms. The van der Waals surface area contributed by atoms with Gasteiger partial charge >= 0.3 is 0 Å². The molecule has 0 saturated heterocycles. The molecular formula is C11H11F2NO2. The fraction of sp³-hybridized carbons (Fsp3) is 0.364. The average Bonchev–Trinajstić information content (AvgIpc) is 2.34. The minimum Gasteiger partial charge on any atom is -0.491 e. The number of benzene rings is 1. The number of halogens is 2. The minimum absolute atomic E-state index is 0.0600. The summed E-state index contributed by atoms with van der Waals surface area (Å²) < 4.78 is 33.7. The van der Waals surface area contributed by atoms with E-state index in [1.54, 1.807) is 6.07 Å². The van der Waals surface area contributed by atoms with E-state index in [0.717, 1.165) is 0 Å². The molecule has 0 aromatic heterocycles. The van der Waals surface area contributed by atoms with Gasteiger partial charge in [-0.05, 0) is 12.1 Å². The zero-order valence-electron chi connectivity index (χ0n) is 8.58. The zero-order chi connectivity index (χ0) is 11.8. The van der Waals surface area contributed by atoms with Gasteiger partial charge in [-0.25, -0.2) is 8.78 Å². The molecule has 0 unspecified atom stereocenters. The Kier molecular flexibility index (Phi) is 5.06. The summed E-state index contributed by atoms with van der Waals surface area (Å²) in [5, 5.41) is 8.81. The highest BCUT2D eigenvalue weighted by atomic mass is 19.1. The second-order valence-electron chi connectivity index (χ2n) is 2.84. The van der Waals surface area contributed by atoms with Crippen molar-refractivity contribution in [3.63, 3.8) is 0 Å². The number of hydrogen-bond donors (Lipinski definition) is 0. The molecule has 0 amide bonds. The van der Waals surface area contributed by atoms with Gasteiger partial charge in [0.15, 0.2) is 0 Å². The zero-order valence-corrected chi connectivity index (χ0v) is 8.58. The van der Waals surface area contributed by atoms with E-state index < -0.39 is 13.3 Å². The lowest BCUT2D eigenvalue weighted by Crippen LogP contribution is -2.02. The van der Waals surface area contributed by atoms with Crippen molar-refractivity contribution in [2.45, 2.75) is 0 Å². The highest BCUT2D eigenvalue weighted by Crippen LogP contribution is 2.23. The maximum absolute atomic E-state index is 11.9.